The first-order chi connectivity index (χ1) is 25.9. The van der Waals surface area contributed by atoms with Crippen LogP contribution in [0.25, 0.3) is 0 Å². The number of nitrogens with two attached hydrogens (primary N) is 1. The van der Waals surface area contributed by atoms with Crippen molar-refractivity contribution < 1.29 is 48.9 Å². The Kier molecular flexibility index (Phi) is 31.4. The molecule has 4 amide bonds. The molecule has 9 N–H and O–H groups in total. The molecule has 0 fully saturated rings. The highest BCUT2D eigenvalue weighted by molar-refractivity contribution is 5.86. The third-order valence-electron chi connectivity index (χ3n) is 9.31. The van der Waals surface area contributed by atoms with Crippen molar-refractivity contribution in [2.45, 2.75) is 192 Å². The van der Waals surface area contributed by atoms with Crippen LogP contribution in [-0.4, -0.2) is 88.1 Å². The molecule has 0 aliphatic carbocycles. The predicted molar refractivity (Wildman–Crippen MR) is 206 cm³/mol. The summed E-state index contributed by atoms with van der Waals surface area (Å²) in [5, 5.41) is 38.0. The number of unbranched alkanes of at least 4 members (excludes halogenated alkanes) is 16. The Morgan fingerprint density at radius 2 is 0.870 bits per heavy atom. The van der Waals surface area contributed by atoms with Crippen LogP contribution in [0.15, 0.2) is 0 Å². The zero-order chi connectivity index (χ0) is 40.4. The minimum Gasteiger partial charge on any atom is -0.481 e. The average Bonchev–Trinajstić information content (AvgIpc) is 3.12. The Balaban J connectivity index is 4.11. The monoisotopic (exact) mass is 770 g/mol. The van der Waals surface area contributed by atoms with Gasteiger partial charge in [-0.2, -0.15) is 0 Å². The molecule has 0 spiro atoms. The molecule has 15 heteroatoms. The Morgan fingerprint density at radius 1 is 0.463 bits per heavy atom. The first-order valence-electron chi connectivity index (χ1n) is 20.4. The van der Waals surface area contributed by atoms with Crippen molar-refractivity contribution in [2.75, 3.05) is 13.1 Å². The SMILES string of the molecule is CCCCCNC(=O)[C@@H](N)CCCCNC(=O)CC[C@H](NC(=O)CC[C@H](NC(=O)CCCCCCCCCCCCCCCCC(=O)O)C(=O)O)C(=O)O. The summed E-state index contributed by atoms with van der Waals surface area (Å²) in [5.41, 5.74) is 5.92. The van der Waals surface area contributed by atoms with Crippen molar-refractivity contribution in [2.24, 2.45) is 5.73 Å². The number of carboxylic acid groups (broad SMARTS) is 3. The van der Waals surface area contributed by atoms with E-state index in [0.29, 0.717) is 38.8 Å². The Hall–Kier alpha value is -3.75. The first kappa shape index (κ1) is 50.2. The molecular formula is C39H71N5O10. The van der Waals surface area contributed by atoms with Gasteiger partial charge < -0.3 is 42.3 Å². The summed E-state index contributed by atoms with van der Waals surface area (Å²) < 4.78 is 0. The van der Waals surface area contributed by atoms with E-state index in [9.17, 15) is 43.8 Å². The Bertz CT molecular complexity index is 1090. The maximum Gasteiger partial charge on any atom is 0.326 e. The fourth-order valence-electron chi connectivity index (χ4n) is 5.94. The second-order valence-electron chi connectivity index (χ2n) is 14.3. The summed E-state index contributed by atoms with van der Waals surface area (Å²) in [6.45, 7) is 3.01. The van der Waals surface area contributed by atoms with Crippen LogP contribution < -0.4 is 27.0 Å². The van der Waals surface area contributed by atoms with E-state index in [-0.39, 0.29) is 50.3 Å². The zero-order valence-corrected chi connectivity index (χ0v) is 32.8. The number of carboxylic acids is 3. The van der Waals surface area contributed by atoms with Crippen LogP contribution >= 0.6 is 0 Å². The van der Waals surface area contributed by atoms with E-state index < -0.39 is 47.8 Å². The van der Waals surface area contributed by atoms with E-state index in [1.807, 2.05) is 0 Å². The fourth-order valence-corrected chi connectivity index (χ4v) is 5.94. The van der Waals surface area contributed by atoms with Gasteiger partial charge in [-0.15, -0.1) is 0 Å². The van der Waals surface area contributed by atoms with Gasteiger partial charge in [0.05, 0.1) is 6.04 Å². The second kappa shape index (κ2) is 33.8. The van der Waals surface area contributed by atoms with Crippen molar-refractivity contribution in [3.05, 3.63) is 0 Å². The van der Waals surface area contributed by atoms with E-state index >= 15 is 0 Å². The topological polar surface area (TPSA) is 254 Å². The van der Waals surface area contributed by atoms with E-state index in [0.717, 1.165) is 70.6 Å². The highest BCUT2D eigenvalue weighted by Crippen LogP contribution is 2.14. The molecule has 3 atom stereocenters. The summed E-state index contributed by atoms with van der Waals surface area (Å²) in [6.07, 6.45) is 19.0. The van der Waals surface area contributed by atoms with E-state index in [2.05, 4.69) is 28.2 Å². The van der Waals surface area contributed by atoms with Crippen LogP contribution in [0.5, 0.6) is 0 Å². The predicted octanol–water partition coefficient (Wildman–Crippen LogP) is 4.93. The molecule has 0 radical (unpaired) electrons. The van der Waals surface area contributed by atoms with Gasteiger partial charge in [0.25, 0.3) is 0 Å². The van der Waals surface area contributed by atoms with Gasteiger partial charge in [-0.1, -0.05) is 96.8 Å². The van der Waals surface area contributed by atoms with Gasteiger partial charge in [-0.25, -0.2) is 9.59 Å². The Labute approximate surface area is 322 Å². The number of rotatable bonds is 37. The van der Waals surface area contributed by atoms with Crippen molar-refractivity contribution >= 4 is 41.5 Å². The number of carbonyl (C=O) groups is 7. The van der Waals surface area contributed by atoms with Crippen LogP contribution in [0, 0.1) is 0 Å². The molecule has 0 aliphatic rings. The molecule has 0 rings (SSSR count). The van der Waals surface area contributed by atoms with Gasteiger partial charge in [0.2, 0.25) is 23.6 Å². The molecule has 0 bridgehead atoms. The van der Waals surface area contributed by atoms with Crippen molar-refractivity contribution in [3.8, 4) is 0 Å². The van der Waals surface area contributed by atoms with Crippen LogP contribution in [0.4, 0.5) is 0 Å². The van der Waals surface area contributed by atoms with Gasteiger partial charge in [0, 0.05) is 38.8 Å². The average molecular weight is 770 g/mol. The van der Waals surface area contributed by atoms with Crippen LogP contribution in [0.1, 0.15) is 174 Å². The molecule has 0 saturated carbocycles. The van der Waals surface area contributed by atoms with Crippen LogP contribution in [-0.2, 0) is 33.6 Å². The van der Waals surface area contributed by atoms with Gasteiger partial charge in [0.1, 0.15) is 12.1 Å². The zero-order valence-electron chi connectivity index (χ0n) is 32.8. The lowest BCUT2D eigenvalue weighted by molar-refractivity contribution is -0.143. The molecule has 0 aromatic rings. The number of amides is 4. The summed E-state index contributed by atoms with van der Waals surface area (Å²) in [6, 6.07) is -3.24. The standard InChI is InChI=1S/C39H71N5O10/c1-2-3-19-29-42-37(50)30(40)21-18-20-28-41-33(45)26-24-31(38(51)52)44-35(47)27-25-32(39(53)54)43-34(46)22-16-14-12-10-8-6-4-5-7-9-11-13-15-17-23-36(48)49/h30-32H,2-29,40H2,1H3,(H,41,45)(H,42,50)(H,43,46)(H,44,47)(H,48,49)(H,51,52)(H,53,54)/t30-,31-,32-/m0/s1. The molecule has 0 aromatic carbocycles. The lowest BCUT2D eigenvalue weighted by Crippen LogP contribution is -2.44. The molecule has 0 unspecified atom stereocenters. The number of aliphatic carboxylic acids is 3. The largest absolute Gasteiger partial charge is 0.481 e. The van der Waals surface area contributed by atoms with Gasteiger partial charge in [-0.05, 0) is 51.4 Å². The maximum absolute atomic E-state index is 12.5. The van der Waals surface area contributed by atoms with Gasteiger partial charge in [-0.3, -0.25) is 24.0 Å². The summed E-state index contributed by atoms with van der Waals surface area (Å²) in [5.74, 6) is -5.02. The normalized spacial score (nSPS) is 12.6. The number of hydrogen-bond donors (Lipinski definition) is 8. The molecule has 0 heterocycles. The number of hydrogen-bond acceptors (Lipinski definition) is 8. The number of carbonyl (C=O) groups excluding carboxylic acids is 4. The number of nitrogens with one attached hydrogen (secondary N) is 4. The van der Waals surface area contributed by atoms with Crippen LogP contribution in [0.3, 0.4) is 0 Å². The van der Waals surface area contributed by atoms with Crippen molar-refractivity contribution in [3.63, 3.8) is 0 Å². The molecular weight excluding hydrogens is 698 g/mol. The third-order valence-corrected chi connectivity index (χ3v) is 9.31. The molecule has 0 aromatic heterocycles. The van der Waals surface area contributed by atoms with Crippen molar-refractivity contribution in [1.82, 2.24) is 21.3 Å². The Morgan fingerprint density at radius 3 is 1.33 bits per heavy atom. The first-order valence-corrected chi connectivity index (χ1v) is 20.4. The van der Waals surface area contributed by atoms with Crippen molar-refractivity contribution in [1.29, 1.82) is 0 Å². The van der Waals surface area contributed by atoms with Gasteiger partial charge >= 0.3 is 17.9 Å². The summed E-state index contributed by atoms with van der Waals surface area (Å²) >= 11 is 0. The van der Waals surface area contributed by atoms with E-state index in [1.54, 1.807) is 0 Å². The highest BCUT2D eigenvalue weighted by Gasteiger charge is 2.24. The highest BCUT2D eigenvalue weighted by atomic mass is 16.4. The quantitative estimate of drug-likeness (QED) is 0.0393. The van der Waals surface area contributed by atoms with E-state index in [1.165, 1.54) is 32.1 Å². The minimum atomic E-state index is -1.34. The lowest BCUT2D eigenvalue weighted by atomic mass is 10.0. The molecule has 0 aliphatic heterocycles. The summed E-state index contributed by atoms with van der Waals surface area (Å²) in [4.78, 5) is 83.0. The van der Waals surface area contributed by atoms with E-state index in [4.69, 9.17) is 10.8 Å². The second-order valence-corrected chi connectivity index (χ2v) is 14.3. The maximum atomic E-state index is 12.5. The molecule has 0 saturated heterocycles. The molecule has 54 heavy (non-hydrogen) atoms. The fraction of sp³-hybridized carbons (Fsp3) is 0.821. The smallest absolute Gasteiger partial charge is 0.326 e. The molecule has 15 nitrogen and oxygen atoms in total. The third kappa shape index (κ3) is 30.7. The lowest BCUT2D eigenvalue weighted by Gasteiger charge is -2.17. The van der Waals surface area contributed by atoms with Crippen LogP contribution in [0.2, 0.25) is 0 Å². The van der Waals surface area contributed by atoms with Gasteiger partial charge in [0.15, 0.2) is 0 Å². The minimum absolute atomic E-state index is 0.147. The molecule has 312 valence electrons. The summed E-state index contributed by atoms with van der Waals surface area (Å²) in [7, 11) is 0.